The van der Waals surface area contributed by atoms with Gasteiger partial charge in [0.1, 0.15) is 11.6 Å². The van der Waals surface area contributed by atoms with Crippen LogP contribution in [0.25, 0.3) is 6.08 Å². The Kier molecular flexibility index (Phi) is 10.1. The van der Waals surface area contributed by atoms with Crippen LogP contribution in [0.5, 0.6) is 0 Å². The largest absolute Gasteiger partial charge is 0.351 e. The molecular weight excluding hydrogens is 330 g/mol. The zero-order valence-corrected chi connectivity index (χ0v) is 15.1. The topological polar surface area (TPSA) is 96.0 Å². The van der Waals surface area contributed by atoms with E-state index in [9.17, 15) is 14.9 Å². The highest BCUT2D eigenvalue weighted by molar-refractivity contribution is 5.97. The predicted molar refractivity (Wildman–Crippen MR) is 102 cm³/mol. The highest BCUT2D eigenvalue weighted by atomic mass is 16.6. The minimum Gasteiger partial charge on any atom is -0.351 e. The molecule has 0 saturated heterocycles. The minimum absolute atomic E-state index is 0.0224. The number of nitro groups is 1. The van der Waals surface area contributed by atoms with Gasteiger partial charge in [-0.15, -0.1) is 0 Å². The molecule has 0 atom stereocenters. The fourth-order valence-electron chi connectivity index (χ4n) is 2.41. The Labute approximate surface area is 154 Å². The molecule has 0 spiro atoms. The molecule has 0 aromatic heterocycles. The second-order valence-corrected chi connectivity index (χ2v) is 5.89. The molecule has 6 nitrogen and oxygen atoms in total. The first-order chi connectivity index (χ1) is 12.6. The highest BCUT2D eigenvalue weighted by Gasteiger charge is 2.09. The van der Waals surface area contributed by atoms with E-state index in [2.05, 4.69) is 12.2 Å². The minimum atomic E-state index is -0.470. The third-order valence-corrected chi connectivity index (χ3v) is 3.85. The summed E-state index contributed by atoms with van der Waals surface area (Å²) in [5.41, 5.74) is 0.368. The van der Waals surface area contributed by atoms with Crippen LogP contribution in [0.2, 0.25) is 0 Å². The van der Waals surface area contributed by atoms with Gasteiger partial charge < -0.3 is 5.32 Å². The Hall–Kier alpha value is -2.94. The van der Waals surface area contributed by atoms with E-state index in [4.69, 9.17) is 5.26 Å². The number of carbonyl (C=O) groups excluding carboxylic acids is 1. The Bertz CT molecular complexity index is 702. The molecule has 0 unspecified atom stereocenters. The van der Waals surface area contributed by atoms with Gasteiger partial charge in [0.15, 0.2) is 0 Å². The summed E-state index contributed by atoms with van der Waals surface area (Å²) in [6.45, 7) is 2.71. The van der Waals surface area contributed by atoms with Crippen molar-refractivity contribution in [3.05, 3.63) is 57.7 Å². The molecular formula is C20H25N3O3. The van der Waals surface area contributed by atoms with Crippen molar-refractivity contribution in [1.29, 1.82) is 5.26 Å². The lowest BCUT2D eigenvalue weighted by atomic mass is 10.1. The Morgan fingerprint density at radius 1 is 1.23 bits per heavy atom. The lowest BCUT2D eigenvalue weighted by Gasteiger charge is -2.04. The van der Waals surface area contributed by atoms with Crippen molar-refractivity contribution in [3.8, 4) is 6.07 Å². The van der Waals surface area contributed by atoms with Crippen LogP contribution in [0.3, 0.4) is 0 Å². The number of para-hydroxylation sites is 1. The molecule has 0 aliphatic rings. The zero-order chi connectivity index (χ0) is 19.2. The van der Waals surface area contributed by atoms with E-state index in [0.29, 0.717) is 12.1 Å². The summed E-state index contributed by atoms with van der Waals surface area (Å²) < 4.78 is 0. The van der Waals surface area contributed by atoms with Crippen LogP contribution in [0.1, 0.15) is 51.0 Å². The quantitative estimate of drug-likeness (QED) is 0.157. The van der Waals surface area contributed by atoms with Crippen LogP contribution in [-0.2, 0) is 4.79 Å². The molecule has 0 bridgehead atoms. The average Bonchev–Trinajstić information content (AvgIpc) is 2.64. The molecule has 1 rings (SSSR count). The monoisotopic (exact) mass is 355 g/mol. The number of carbonyl (C=O) groups is 1. The Morgan fingerprint density at radius 2 is 1.92 bits per heavy atom. The second kappa shape index (κ2) is 12.4. The number of nitriles is 1. The summed E-state index contributed by atoms with van der Waals surface area (Å²) in [5, 5.41) is 22.8. The van der Waals surface area contributed by atoms with Crippen molar-refractivity contribution in [3.63, 3.8) is 0 Å². The number of rotatable bonds is 11. The molecule has 0 heterocycles. The lowest BCUT2D eigenvalue weighted by Crippen LogP contribution is -2.25. The van der Waals surface area contributed by atoms with E-state index in [1.807, 2.05) is 6.07 Å². The number of amides is 1. The SMILES string of the molecule is CCCCCCCCNC(=O)/C(C#N)=C/C=C/c1ccccc1[N+](=O)[O-]. The first-order valence-electron chi connectivity index (χ1n) is 8.90. The van der Waals surface area contributed by atoms with E-state index in [1.165, 1.54) is 43.6 Å². The molecule has 1 amide bonds. The summed E-state index contributed by atoms with van der Waals surface area (Å²) in [6.07, 6.45) is 11.1. The Balaban J connectivity index is 2.53. The standard InChI is InChI=1S/C20H25N3O3/c1-2-3-4-5-6-9-15-22-20(24)18(16-21)13-10-12-17-11-7-8-14-19(17)23(25)26/h7-8,10-14H,2-6,9,15H2,1H3,(H,22,24)/b12-10+,18-13+. The average molecular weight is 355 g/mol. The molecule has 0 fully saturated rings. The molecule has 26 heavy (non-hydrogen) atoms. The van der Waals surface area contributed by atoms with Gasteiger partial charge in [0.25, 0.3) is 11.6 Å². The molecule has 0 aliphatic carbocycles. The van der Waals surface area contributed by atoms with Crippen molar-refractivity contribution in [2.45, 2.75) is 45.4 Å². The van der Waals surface area contributed by atoms with Gasteiger partial charge in [-0.3, -0.25) is 14.9 Å². The maximum atomic E-state index is 12.0. The summed E-state index contributed by atoms with van der Waals surface area (Å²) in [4.78, 5) is 22.5. The number of allylic oxidation sites excluding steroid dienone is 2. The Morgan fingerprint density at radius 3 is 2.62 bits per heavy atom. The van der Waals surface area contributed by atoms with Gasteiger partial charge in [0.2, 0.25) is 0 Å². The van der Waals surface area contributed by atoms with Crippen molar-refractivity contribution in [2.75, 3.05) is 6.54 Å². The molecule has 138 valence electrons. The predicted octanol–water partition coefficient (Wildman–Crippen LogP) is 4.53. The number of nitrogens with one attached hydrogen (secondary N) is 1. The van der Waals surface area contributed by atoms with Gasteiger partial charge in [0, 0.05) is 12.6 Å². The van der Waals surface area contributed by atoms with Gasteiger partial charge in [-0.25, -0.2) is 0 Å². The van der Waals surface area contributed by atoms with Gasteiger partial charge >= 0.3 is 0 Å². The molecule has 1 N–H and O–H groups in total. The van der Waals surface area contributed by atoms with Crippen LogP contribution < -0.4 is 5.32 Å². The van der Waals surface area contributed by atoms with Crippen LogP contribution in [-0.4, -0.2) is 17.4 Å². The first kappa shape index (κ1) is 21.1. The van der Waals surface area contributed by atoms with Gasteiger partial charge in [-0.2, -0.15) is 5.26 Å². The number of unbranched alkanes of at least 4 members (excludes halogenated alkanes) is 5. The number of hydrogen-bond acceptors (Lipinski definition) is 4. The highest BCUT2D eigenvalue weighted by Crippen LogP contribution is 2.19. The maximum Gasteiger partial charge on any atom is 0.276 e. The summed E-state index contributed by atoms with van der Waals surface area (Å²) in [5.74, 6) is -0.423. The molecule has 6 heteroatoms. The zero-order valence-electron chi connectivity index (χ0n) is 15.1. The van der Waals surface area contributed by atoms with E-state index in [0.717, 1.165) is 19.3 Å². The maximum absolute atomic E-state index is 12.0. The van der Waals surface area contributed by atoms with Crippen molar-refractivity contribution in [2.24, 2.45) is 0 Å². The van der Waals surface area contributed by atoms with Crippen LogP contribution >= 0.6 is 0 Å². The van der Waals surface area contributed by atoms with E-state index in [-0.39, 0.29) is 11.3 Å². The van der Waals surface area contributed by atoms with Crippen molar-refractivity contribution in [1.82, 2.24) is 5.32 Å². The normalized spacial score (nSPS) is 11.3. The molecule has 0 saturated carbocycles. The van der Waals surface area contributed by atoms with Gasteiger partial charge in [-0.1, -0.05) is 57.2 Å². The molecule has 1 aromatic rings. The number of nitrogens with zero attached hydrogens (tertiary/aromatic N) is 2. The van der Waals surface area contributed by atoms with E-state index in [1.54, 1.807) is 18.2 Å². The molecule has 1 aromatic carbocycles. The summed E-state index contributed by atoms with van der Waals surface area (Å²) in [6, 6.07) is 8.14. The van der Waals surface area contributed by atoms with Gasteiger partial charge in [-0.05, 0) is 24.6 Å². The van der Waals surface area contributed by atoms with Crippen LogP contribution in [0.4, 0.5) is 5.69 Å². The number of benzene rings is 1. The van der Waals surface area contributed by atoms with Crippen LogP contribution in [0.15, 0.2) is 42.0 Å². The third kappa shape index (κ3) is 7.75. The summed E-state index contributed by atoms with van der Waals surface area (Å²) >= 11 is 0. The first-order valence-corrected chi connectivity index (χ1v) is 8.90. The van der Waals surface area contributed by atoms with E-state index >= 15 is 0 Å². The third-order valence-electron chi connectivity index (χ3n) is 3.85. The fraction of sp³-hybridized carbons (Fsp3) is 0.400. The molecule has 0 radical (unpaired) electrons. The number of nitro benzene ring substituents is 1. The summed E-state index contributed by atoms with van der Waals surface area (Å²) in [7, 11) is 0. The van der Waals surface area contributed by atoms with Crippen molar-refractivity contribution >= 4 is 17.7 Å². The second-order valence-electron chi connectivity index (χ2n) is 5.89. The van der Waals surface area contributed by atoms with Crippen LogP contribution in [0, 0.1) is 21.4 Å². The fourth-order valence-corrected chi connectivity index (χ4v) is 2.41. The smallest absolute Gasteiger partial charge is 0.276 e. The van der Waals surface area contributed by atoms with E-state index < -0.39 is 10.8 Å². The van der Waals surface area contributed by atoms with Crippen molar-refractivity contribution < 1.29 is 9.72 Å². The lowest BCUT2D eigenvalue weighted by molar-refractivity contribution is -0.385. The van der Waals surface area contributed by atoms with Gasteiger partial charge in [0.05, 0.1) is 10.5 Å². The number of hydrogen-bond donors (Lipinski definition) is 1. The molecule has 0 aliphatic heterocycles.